The van der Waals surface area contributed by atoms with E-state index < -0.39 is 0 Å². The lowest BCUT2D eigenvalue weighted by atomic mass is 9.77. The zero-order chi connectivity index (χ0) is 17.4. The van der Waals surface area contributed by atoms with Crippen LogP contribution in [0.5, 0.6) is 0 Å². The summed E-state index contributed by atoms with van der Waals surface area (Å²) in [4.78, 5) is 3.89. The van der Waals surface area contributed by atoms with Crippen LogP contribution in [0.4, 0.5) is 0 Å². The first kappa shape index (κ1) is 17.7. The van der Waals surface area contributed by atoms with E-state index in [0.717, 1.165) is 21.8 Å². The van der Waals surface area contributed by atoms with Crippen LogP contribution in [0.2, 0.25) is 10.0 Å². The third kappa shape index (κ3) is 3.73. The fourth-order valence-corrected chi connectivity index (χ4v) is 6.35. The van der Waals surface area contributed by atoms with Gasteiger partial charge < -0.3 is 4.90 Å². The van der Waals surface area contributed by atoms with Gasteiger partial charge in [0.2, 0.25) is 0 Å². The Labute approximate surface area is 164 Å². The average Bonchev–Trinajstić information content (AvgIpc) is 2.84. The van der Waals surface area contributed by atoms with Crippen molar-refractivity contribution in [2.24, 2.45) is 5.92 Å². The summed E-state index contributed by atoms with van der Waals surface area (Å²) in [5.74, 6) is 2.37. The van der Waals surface area contributed by atoms with Gasteiger partial charge in [-0.05, 0) is 74.0 Å². The van der Waals surface area contributed by atoms with Gasteiger partial charge in [-0.25, -0.2) is 0 Å². The van der Waals surface area contributed by atoms with E-state index in [1.165, 1.54) is 29.7 Å². The Balaban J connectivity index is 1.58. The zero-order valence-electron chi connectivity index (χ0n) is 14.4. The van der Waals surface area contributed by atoms with E-state index in [-0.39, 0.29) is 0 Å². The number of rotatable bonds is 4. The molecule has 4 rings (SSSR count). The van der Waals surface area contributed by atoms with Crippen molar-refractivity contribution >= 4 is 35.0 Å². The first-order chi connectivity index (χ1) is 12.1. The third-order valence-corrected chi connectivity index (χ3v) is 7.56. The van der Waals surface area contributed by atoms with Gasteiger partial charge in [-0.2, -0.15) is 0 Å². The Morgan fingerprint density at radius 3 is 2.56 bits per heavy atom. The molecule has 0 N–H and O–H groups in total. The summed E-state index contributed by atoms with van der Waals surface area (Å²) in [5.41, 5.74) is 1.41. The number of hydrogen-bond donors (Lipinski definition) is 0. The topological polar surface area (TPSA) is 3.24 Å². The molecule has 2 fully saturated rings. The lowest BCUT2D eigenvalue weighted by Gasteiger charge is -2.43. The number of nitrogens with zero attached hydrogens (tertiary/aromatic N) is 1. The minimum atomic E-state index is 0.596. The van der Waals surface area contributed by atoms with E-state index in [1.807, 2.05) is 30.0 Å². The molecular weight excluding hydrogens is 369 g/mol. The van der Waals surface area contributed by atoms with Crippen LogP contribution >= 0.6 is 35.0 Å². The Kier molecular flexibility index (Phi) is 5.33. The van der Waals surface area contributed by atoms with Crippen LogP contribution in [0, 0.1) is 5.92 Å². The van der Waals surface area contributed by atoms with Crippen molar-refractivity contribution < 1.29 is 0 Å². The predicted molar refractivity (Wildman–Crippen MR) is 109 cm³/mol. The second-order valence-corrected chi connectivity index (χ2v) is 9.26. The van der Waals surface area contributed by atoms with Crippen LogP contribution in [-0.2, 0) is 0 Å². The molecule has 4 atom stereocenters. The van der Waals surface area contributed by atoms with Gasteiger partial charge in [0.25, 0.3) is 0 Å². The Hall–Kier alpha value is -0.670. The summed E-state index contributed by atoms with van der Waals surface area (Å²) in [6, 6.07) is 18.1. The van der Waals surface area contributed by atoms with Crippen molar-refractivity contribution in [3.8, 4) is 0 Å². The van der Waals surface area contributed by atoms with Gasteiger partial charge in [0.05, 0.1) is 0 Å². The van der Waals surface area contributed by atoms with E-state index in [2.05, 4.69) is 42.3 Å². The number of hydrogen-bond acceptors (Lipinski definition) is 2. The van der Waals surface area contributed by atoms with E-state index in [4.69, 9.17) is 23.2 Å². The lowest BCUT2D eigenvalue weighted by Crippen LogP contribution is -2.46. The zero-order valence-corrected chi connectivity index (χ0v) is 16.7. The molecule has 25 heavy (non-hydrogen) atoms. The Morgan fingerprint density at radius 1 is 1.04 bits per heavy atom. The van der Waals surface area contributed by atoms with Gasteiger partial charge in [-0.15, -0.1) is 11.8 Å². The second-order valence-electron chi connectivity index (χ2n) is 7.29. The van der Waals surface area contributed by atoms with Crippen LogP contribution in [-0.4, -0.2) is 29.8 Å². The monoisotopic (exact) mass is 391 g/mol. The van der Waals surface area contributed by atoms with E-state index in [9.17, 15) is 0 Å². The van der Waals surface area contributed by atoms with Crippen LogP contribution in [0.15, 0.2) is 53.4 Å². The molecule has 2 aromatic rings. The predicted octanol–water partition coefficient (Wildman–Crippen LogP) is 6.35. The summed E-state index contributed by atoms with van der Waals surface area (Å²) >= 11 is 14.4. The van der Waals surface area contributed by atoms with Crippen LogP contribution in [0.25, 0.3) is 0 Å². The molecule has 2 saturated heterocycles. The minimum Gasteiger partial charge on any atom is -0.300 e. The lowest BCUT2D eigenvalue weighted by molar-refractivity contribution is 0.112. The number of fused-ring (bicyclic) bond motifs is 2. The molecule has 132 valence electrons. The fraction of sp³-hybridized carbons (Fsp3) is 0.429. The smallest absolute Gasteiger partial charge is 0.0417 e. The molecule has 0 radical (unpaired) electrons. The second kappa shape index (κ2) is 7.52. The molecule has 1 nitrogen and oxygen atoms in total. The summed E-state index contributed by atoms with van der Waals surface area (Å²) < 4.78 is 0. The summed E-state index contributed by atoms with van der Waals surface area (Å²) in [5, 5.41) is 1.67. The quantitative estimate of drug-likeness (QED) is 0.558. The minimum absolute atomic E-state index is 0.596. The van der Waals surface area contributed by atoms with Crippen molar-refractivity contribution in [1.82, 2.24) is 4.90 Å². The van der Waals surface area contributed by atoms with Crippen LogP contribution in [0.1, 0.15) is 30.7 Å². The number of halogens is 2. The molecule has 0 saturated carbocycles. The largest absolute Gasteiger partial charge is 0.300 e. The van der Waals surface area contributed by atoms with Crippen molar-refractivity contribution in [3.05, 3.63) is 64.1 Å². The first-order valence-corrected chi connectivity index (χ1v) is 10.7. The van der Waals surface area contributed by atoms with Crippen LogP contribution in [0.3, 0.4) is 0 Å². The highest BCUT2D eigenvalue weighted by Gasteiger charge is 2.45. The number of thioether (sulfide) groups is 1. The summed E-state index contributed by atoms with van der Waals surface area (Å²) in [7, 11) is 2.31. The molecule has 0 spiro atoms. The maximum Gasteiger partial charge on any atom is 0.0417 e. The SMILES string of the molecule is CN1C2CCC1[C@H](CSc1cccc(Cl)c1)[C@@H](c1cccc(Cl)c1)C2. The summed E-state index contributed by atoms with van der Waals surface area (Å²) in [6.45, 7) is 0. The van der Waals surface area contributed by atoms with E-state index in [0.29, 0.717) is 17.9 Å². The number of benzene rings is 2. The van der Waals surface area contributed by atoms with Crippen LogP contribution < -0.4 is 0 Å². The molecule has 2 aliphatic heterocycles. The van der Waals surface area contributed by atoms with Gasteiger partial charge in [0.1, 0.15) is 0 Å². The van der Waals surface area contributed by atoms with Crippen molar-refractivity contribution in [2.75, 3.05) is 12.8 Å². The fourth-order valence-electron chi connectivity index (χ4n) is 4.67. The highest BCUT2D eigenvalue weighted by atomic mass is 35.5. The Morgan fingerprint density at radius 2 is 1.80 bits per heavy atom. The van der Waals surface area contributed by atoms with Gasteiger partial charge >= 0.3 is 0 Å². The Bertz CT molecular complexity index is 750. The molecular formula is C21H23Cl2NS. The highest BCUT2D eigenvalue weighted by molar-refractivity contribution is 7.99. The van der Waals surface area contributed by atoms with Gasteiger partial charge in [-0.1, -0.05) is 41.4 Å². The molecule has 4 heteroatoms. The van der Waals surface area contributed by atoms with Gasteiger partial charge in [-0.3, -0.25) is 0 Å². The van der Waals surface area contributed by atoms with Crippen molar-refractivity contribution in [1.29, 1.82) is 0 Å². The molecule has 0 aromatic heterocycles. The van der Waals surface area contributed by atoms with E-state index >= 15 is 0 Å². The normalized spacial score (nSPS) is 29.1. The maximum atomic E-state index is 6.29. The van der Waals surface area contributed by atoms with Crippen molar-refractivity contribution in [3.63, 3.8) is 0 Å². The standard InChI is InChI=1S/C21H23Cl2NS/c1-24-17-8-9-21(24)20(13-25-18-7-3-6-16(23)11-18)19(12-17)14-4-2-5-15(22)10-14/h2-7,10-11,17,19-21H,8-9,12-13H2,1H3/t17?,19-,20-,21?/m1/s1. The third-order valence-electron chi connectivity index (χ3n) is 5.95. The molecule has 0 aliphatic carbocycles. The van der Waals surface area contributed by atoms with Gasteiger partial charge in [0, 0.05) is 32.8 Å². The van der Waals surface area contributed by atoms with Gasteiger partial charge in [0.15, 0.2) is 0 Å². The molecule has 2 aliphatic rings. The maximum absolute atomic E-state index is 6.29. The molecule has 2 unspecified atom stereocenters. The van der Waals surface area contributed by atoms with Crippen molar-refractivity contribution in [2.45, 2.75) is 42.2 Å². The molecule has 2 bridgehead atoms. The molecule has 2 heterocycles. The highest BCUT2D eigenvalue weighted by Crippen LogP contribution is 2.48. The molecule has 0 amide bonds. The molecule has 2 aromatic carbocycles. The summed E-state index contributed by atoms with van der Waals surface area (Å²) in [6.07, 6.45) is 3.89. The number of piperidine rings is 1. The average molecular weight is 392 g/mol. The van der Waals surface area contributed by atoms with E-state index in [1.54, 1.807) is 0 Å². The first-order valence-electron chi connectivity index (χ1n) is 8.97.